The molecular weight excluding hydrogens is 266 g/mol. The summed E-state index contributed by atoms with van der Waals surface area (Å²) in [5.74, 6) is 0.0906. The van der Waals surface area contributed by atoms with Crippen molar-refractivity contribution in [2.24, 2.45) is 5.73 Å². The van der Waals surface area contributed by atoms with E-state index >= 15 is 0 Å². The van der Waals surface area contributed by atoms with Crippen LogP contribution in [0.2, 0.25) is 0 Å². The lowest BCUT2D eigenvalue weighted by Gasteiger charge is -2.00. The number of halogens is 1. The molecule has 0 aliphatic carbocycles. The van der Waals surface area contributed by atoms with Gasteiger partial charge in [0.1, 0.15) is 6.61 Å². The number of Topliss-reactive ketones (excluding diaryl/α,β-unsaturated/α-hetero) is 1. The fourth-order valence-electron chi connectivity index (χ4n) is 0.961. The van der Waals surface area contributed by atoms with Gasteiger partial charge in [0.15, 0.2) is 5.78 Å². The molecule has 1 rings (SSSR count). The van der Waals surface area contributed by atoms with Crippen LogP contribution >= 0.6 is 27.3 Å². The number of nitrogens with two attached hydrogens (primary N) is 1. The van der Waals surface area contributed by atoms with E-state index in [1.54, 1.807) is 11.3 Å². The number of thiophene rings is 1. The number of rotatable bonds is 6. The Morgan fingerprint density at radius 3 is 2.93 bits per heavy atom. The molecule has 0 aliphatic heterocycles. The lowest BCUT2D eigenvalue weighted by Crippen LogP contribution is -2.15. The predicted molar refractivity (Wildman–Crippen MR) is 60.6 cm³/mol. The van der Waals surface area contributed by atoms with E-state index < -0.39 is 0 Å². The zero-order chi connectivity index (χ0) is 10.4. The van der Waals surface area contributed by atoms with Crippen LogP contribution in [0.1, 0.15) is 4.88 Å². The summed E-state index contributed by atoms with van der Waals surface area (Å²) in [4.78, 5) is 12.4. The molecule has 0 saturated heterocycles. The van der Waals surface area contributed by atoms with Crippen molar-refractivity contribution < 1.29 is 9.53 Å². The van der Waals surface area contributed by atoms with Crippen molar-refractivity contribution in [1.82, 2.24) is 0 Å². The van der Waals surface area contributed by atoms with Crippen molar-refractivity contribution in [2.75, 3.05) is 19.8 Å². The van der Waals surface area contributed by atoms with Gasteiger partial charge in [-0.1, -0.05) is 0 Å². The SMILES string of the molecule is NCCOCC(=O)Cc1ccc(Br)s1. The minimum absolute atomic E-state index is 0.0906. The van der Waals surface area contributed by atoms with E-state index in [2.05, 4.69) is 15.9 Å². The molecule has 3 nitrogen and oxygen atoms in total. The molecule has 0 aliphatic rings. The van der Waals surface area contributed by atoms with Crippen LogP contribution in [0, 0.1) is 0 Å². The van der Waals surface area contributed by atoms with Gasteiger partial charge >= 0.3 is 0 Å². The maximum Gasteiger partial charge on any atom is 0.163 e. The van der Waals surface area contributed by atoms with E-state index in [4.69, 9.17) is 10.5 Å². The second kappa shape index (κ2) is 6.29. The summed E-state index contributed by atoms with van der Waals surface area (Å²) in [6.07, 6.45) is 0.445. The van der Waals surface area contributed by atoms with Gasteiger partial charge in [-0.2, -0.15) is 0 Å². The van der Waals surface area contributed by atoms with Gasteiger partial charge < -0.3 is 10.5 Å². The number of hydrogen-bond donors (Lipinski definition) is 1. The van der Waals surface area contributed by atoms with E-state index in [0.29, 0.717) is 19.6 Å². The van der Waals surface area contributed by atoms with Crippen LogP contribution in [-0.4, -0.2) is 25.5 Å². The highest BCUT2D eigenvalue weighted by molar-refractivity contribution is 9.11. The molecule has 1 aromatic heterocycles. The van der Waals surface area contributed by atoms with E-state index in [1.165, 1.54) is 0 Å². The van der Waals surface area contributed by atoms with Gasteiger partial charge in [0.2, 0.25) is 0 Å². The van der Waals surface area contributed by atoms with Crippen LogP contribution in [0.15, 0.2) is 15.9 Å². The maximum atomic E-state index is 11.3. The molecule has 14 heavy (non-hydrogen) atoms. The molecule has 1 aromatic rings. The molecule has 2 N–H and O–H groups in total. The highest BCUT2D eigenvalue weighted by Gasteiger charge is 2.05. The number of carbonyl (C=O) groups excluding carboxylic acids is 1. The summed E-state index contributed by atoms with van der Waals surface area (Å²) >= 11 is 4.92. The molecule has 0 fully saturated rings. The van der Waals surface area contributed by atoms with Crippen LogP contribution in [0.5, 0.6) is 0 Å². The first-order chi connectivity index (χ1) is 6.72. The monoisotopic (exact) mass is 277 g/mol. The molecule has 0 saturated carbocycles. The van der Waals surface area contributed by atoms with Crippen LogP contribution in [0.3, 0.4) is 0 Å². The highest BCUT2D eigenvalue weighted by atomic mass is 79.9. The molecule has 0 amide bonds. The van der Waals surface area contributed by atoms with Gasteiger partial charge in [-0.05, 0) is 28.1 Å². The molecular formula is C9H12BrNO2S. The average molecular weight is 278 g/mol. The average Bonchev–Trinajstić information content (AvgIpc) is 2.52. The van der Waals surface area contributed by atoms with Crippen LogP contribution < -0.4 is 5.73 Å². The first kappa shape index (κ1) is 11.8. The van der Waals surface area contributed by atoms with E-state index in [9.17, 15) is 4.79 Å². The Kier molecular flexibility index (Phi) is 5.32. The Hall–Kier alpha value is -0.230. The second-order valence-electron chi connectivity index (χ2n) is 2.76. The van der Waals surface area contributed by atoms with Crippen molar-refractivity contribution in [3.05, 3.63) is 20.8 Å². The Bertz CT molecular complexity index is 301. The molecule has 0 aromatic carbocycles. The largest absolute Gasteiger partial charge is 0.372 e. The van der Waals surface area contributed by atoms with Crippen LogP contribution in [0.4, 0.5) is 0 Å². The van der Waals surface area contributed by atoms with Gasteiger partial charge in [-0.15, -0.1) is 11.3 Å². The van der Waals surface area contributed by atoms with Crippen molar-refractivity contribution in [2.45, 2.75) is 6.42 Å². The second-order valence-corrected chi connectivity index (χ2v) is 5.31. The summed E-state index contributed by atoms with van der Waals surface area (Å²) < 4.78 is 6.09. The Morgan fingerprint density at radius 1 is 1.57 bits per heavy atom. The normalized spacial score (nSPS) is 10.4. The van der Waals surface area contributed by atoms with Crippen LogP contribution in [-0.2, 0) is 16.0 Å². The van der Waals surface area contributed by atoms with Crippen molar-refractivity contribution in [1.29, 1.82) is 0 Å². The first-order valence-corrected chi connectivity index (χ1v) is 5.87. The first-order valence-electron chi connectivity index (χ1n) is 4.26. The summed E-state index contributed by atoms with van der Waals surface area (Å²) in [5, 5.41) is 0. The number of ketones is 1. The molecule has 0 unspecified atom stereocenters. The lowest BCUT2D eigenvalue weighted by atomic mass is 10.2. The van der Waals surface area contributed by atoms with Crippen LogP contribution in [0.25, 0.3) is 0 Å². The predicted octanol–water partition coefficient (Wildman–Crippen LogP) is 1.60. The minimum atomic E-state index is 0.0906. The molecule has 0 bridgehead atoms. The molecule has 78 valence electrons. The van der Waals surface area contributed by atoms with E-state index in [1.807, 2.05) is 12.1 Å². The third-order valence-electron chi connectivity index (χ3n) is 1.53. The molecule has 0 spiro atoms. The van der Waals surface area contributed by atoms with Gasteiger partial charge in [0.25, 0.3) is 0 Å². The summed E-state index contributed by atoms with van der Waals surface area (Å²) in [6, 6.07) is 3.88. The topological polar surface area (TPSA) is 52.3 Å². The Balaban J connectivity index is 2.27. The van der Waals surface area contributed by atoms with Gasteiger partial charge in [0, 0.05) is 17.8 Å². The fourth-order valence-corrected chi connectivity index (χ4v) is 2.47. The zero-order valence-electron chi connectivity index (χ0n) is 7.66. The Labute approximate surface area is 95.4 Å². The Morgan fingerprint density at radius 2 is 2.36 bits per heavy atom. The molecule has 0 radical (unpaired) electrons. The summed E-state index contributed by atoms with van der Waals surface area (Å²) in [7, 11) is 0. The van der Waals surface area contributed by atoms with Crippen molar-refractivity contribution >= 4 is 33.0 Å². The smallest absolute Gasteiger partial charge is 0.163 e. The minimum Gasteiger partial charge on any atom is -0.372 e. The highest BCUT2D eigenvalue weighted by Crippen LogP contribution is 2.22. The molecule has 1 heterocycles. The number of ether oxygens (including phenoxy) is 1. The van der Waals surface area contributed by atoms with Crippen molar-refractivity contribution in [3.8, 4) is 0 Å². The molecule has 5 heteroatoms. The molecule has 0 atom stereocenters. The summed E-state index contributed by atoms with van der Waals surface area (Å²) in [6.45, 7) is 1.06. The number of carbonyl (C=O) groups is 1. The van der Waals surface area contributed by atoms with Gasteiger partial charge in [-0.25, -0.2) is 0 Å². The van der Waals surface area contributed by atoms with Crippen molar-refractivity contribution in [3.63, 3.8) is 0 Å². The fraction of sp³-hybridized carbons (Fsp3) is 0.444. The maximum absolute atomic E-state index is 11.3. The van der Waals surface area contributed by atoms with Gasteiger partial charge in [-0.3, -0.25) is 4.79 Å². The number of hydrogen-bond acceptors (Lipinski definition) is 4. The van der Waals surface area contributed by atoms with E-state index in [-0.39, 0.29) is 12.4 Å². The lowest BCUT2D eigenvalue weighted by molar-refractivity contribution is -0.122. The third kappa shape index (κ3) is 4.32. The summed E-state index contributed by atoms with van der Waals surface area (Å²) in [5.41, 5.74) is 5.23. The standard InChI is InChI=1S/C9H12BrNO2S/c10-9-2-1-8(14-9)5-7(12)6-13-4-3-11/h1-2H,3-6,11H2. The third-order valence-corrected chi connectivity index (χ3v) is 3.15. The zero-order valence-corrected chi connectivity index (χ0v) is 10.1. The quantitative estimate of drug-likeness (QED) is 0.804. The van der Waals surface area contributed by atoms with E-state index in [0.717, 1.165) is 8.66 Å². The van der Waals surface area contributed by atoms with Gasteiger partial charge in [0.05, 0.1) is 10.4 Å².